The highest BCUT2D eigenvalue weighted by Gasteiger charge is 2.32. The molecular formula is C36H54N6O6. The van der Waals surface area contributed by atoms with Crippen molar-refractivity contribution in [2.24, 2.45) is 23.3 Å². The van der Waals surface area contributed by atoms with Crippen LogP contribution < -0.4 is 32.7 Å². The number of benzene rings is 2. The second kappa shape index (κ2) is 20.8. The van der Waals surface area contributed by atoms with Crippen LogP contribution in [-0.4, -0.2) is 71.5 Å². The Bertz CT molecular complexity index is 1310. The minimum atomic E-state index is -1.17. The van der Waals surface area contributed by atoms with Gasteiger partial charge in [0.25, 0.3) is 0 Å². The maximum absolute atomic E-state index is 13.8. The molecule has 2 rings (SSSR count). The van der Waals surface area contributed by atoms with Crippen molar-refractivity contribution in [1.29, 1.82) is 0 Å². The molecule has 0 fully saturated rings. The number of hydrogen-bond donors (Lipinski definition) is 7. The molecule has 0 bridgehead atoms. The number of carboxylic acid groups (broad SMARTS) is 1. The number of rotatable bonds is 21. The van der Waals surface area contributed by atoms with Crippen LogP contribution in [0.15, 0.2) is 60.7 Å². The minimum Gasteiger partial charge on any atom is -0.480 e. The van der Waals surface area contributed by atoms with Gasteiger partial charge in [0.1, 0.15) is 24.2 Å². The van der Waals surface area contributed by atoms with Gasteiger partial charge in [-0.3, -0.25) is 19.2 Å². The van der Waals surface area contributed by atoms with E-state index in [9.17, 15) is 29.1 Å². The molecular weight excluding hydrogens is 612 g/mol. The highest BCUT2D eigenvalue weighted by atomic mass is 16.4. The van der Waals surface area contributed by atoms with Gasteiger partial charge in [0, 0.05) is 6.42 Å². The van der Waals surface area contributed by atoms with Crippen LogP contribution >= 0.6 is 0 Å². The summed E-state index contributed by atoms with van der Waals surface area (Å²) in [5.41, 5.74) is 13.4. The zero-order valence-corrected chi connectivity index (χ0v) is 28.6. The SMILES string of the molecule is CC(C)C[C@@H](NC(=O)[C@@H](CC(C)C)NC(=O)[C@@H](Cc1ccccc1)NC(=O)[C@H](N)Cc1ccccc1)C(=O)N[C@H](CCCCN)C(=O)O. The summed E-state index contributed by atoms with van der Waals surface area (Å²) in [4.78, 5) is 65.8. The third-order valence-electron chi connectivity index (χ3n) is 7.79. The first-order chi connectivity index (χ1) is 22.8. The fourth-order valence-corrected chi connectivity index (χ4v) is 5.27. The Kier molecular flexibility index (Phi) is 17.3. The van der Waals surface area contributed by atoms with Gasteiger partial charge in [0.15, 0.2) is 0 Å². The number of amides is 4. The second-order valence-electron chi connectivity index (χ2n) is 13.1. The fraction of sp³-hybridized carbons (Fsp3) is 0.528. The molecule has 0 aliphatic rings. The maximum Gasteiger partial charge on any atom is 0.326 e. The van der Waals surface area contributed by atoms with E-state index in [1.165, 1.54) is 0 Å². The number of nitrogens with two attached hydrogens (primary N) is 2. The van der Waals surface area contributed by atoms with E-state index < -0.39 is 59.8 Å². The first-order valence-electron chi connectivity index (χ1n) is 16.8. The summed E-state index contributed by atoms with van der Waals surface area (Å²) in [5, 5.41) is 20.6. The molecule has 2 aromatic rings. The zero-order valence-electron chi connectivity index (χ0n) is 28.6. The van der Waals surface area contributed by atoms with Gasteiger partial charge < -0.3 is 37.8 Å². The summed E-state index contributed by atoms with van der Waals surface area (Å²) < 4.78 is 0. The van der Waals surface area contributed by atoms with E-state index in [1.807, 2.05) is 88.4 Å². The summed E-state index contributed by atoms with van der Waals surface area (Å²) in [7, 11) is 0. The molecule has 264 valence electrons. The maximum atomic E-state index is 13.8. The Morgan fingerprint density at radius 1 is 0.604 bits per heavy atom. The lowest BCUT2D eigenvalue weighted by Gasteiger charge is -2.28. The van der Waals surface area contributed by atoms with Crippen LogP contribution in [0.1, 0.15) is 70.9 Å². The molecule has 0 unspecified atom stereocenters. The van der Waals surface area contributed by atoms with E-state index >= 15 is 0 Å². The summed E-state index contributed by atoms with van der Waals surface area (Å²) in [6.45, 7) is 7.97. The van der Waals surface area contributed by atoms with Crippen LogP contribution in [0.5, 0.6) is 0 Å². The first-order valence-corrected chi connectivity index (χ1v) is 16.8. The van der Waals surface area contributed by atoms with Gasteiger partial charge in [-0.25, -0.2) is 4.79 Å². The number of carbonyl (C=O) groups excluding carboxylic acids is 4. The van der Waals surface area contributed by atoms with Crippen LogP contribution in [0.4, 0.5) is 0 Å². The van der Waals surface area contributed by atoms with Gasteiger partial charge >= 0.3 is 5.97 Å². The summed E-state index contributed by atoms with van der Waals surface area (Å²) in [6, 6.07) is 13.4. The van der Waals surface area contributed by atoms with Crippen molar-refractivity contribution in [3.8, 4) is 0 Å². The number of carboxylic acids is 1. The molecule has 0 radical (unpaired) electrons. The van der Waals surface area contributed by atoms with E-state index in [4.69, 9.17) is 11.5 Å². The van der Waals surface area contributed by atoms with E-state index in [0.29, 0.717) is 19.4 Å². The Balaban J connectivity index is 2.24. The van der Waals surface area contributed by atoms with Gasteiger partial charge in [0.2, 0.25) is 23.6 Å². The molecule has 12 nitrogen and oxygen atoms in total. The third kappa shape index (κ3) is 14.6. The topological polar surface area (TPSA) is 206 Å². The van der Waals surface area contributed by atoms with Crippen LogP contribution in [0, 0.1) is 11.8 Å². The first kappa shape index (κ1) is 39.9. The molecule has 0 aromatic heterocycles. The average molecular weight is 667 g/mol. The van der Waals surface area contributed by atoms with Crippen molar-refractivity contribution in [2.45, 2.75) is 103 Å². The van der Waals surface area contributed by atoms with Gasteiger partial charge in [-0.2, -0.15) is 0 Å². The number of carbonyl (C=O) groups is 5. The molecule has 0 saturated carbocycles. The summed E-state index contributed by atoms with van der Waals surface area (Å²) in [6.07, 6.45) is 2.29. The molecule has 0 aliphatic carbocycles. The fourth-order valence-electron chi connectivity index (χ4n) is 5.27. The van der Waals surface area contributed by atoms with Gasteiger partial charge in [0.05, 0.1) is 6.04 Å². The average Bonchev–Trinajstić information content (AvgIpc) is 3.03. The van der Waals surface area contributed by atoms with Crippen molar-refractivity contribution >= 4 is 29.6 Å². The van der Waals surface area contributed by atoms with Crippen LogP contribution in [-0.2, 0) is 36.8 Å². The van der Waals surface area contributed by atoms with Crippen molar-refractivity contribution in [1.82, 2.24) is 21.3 Å². The largest absolute Gasteiger partial charge is 0.480 e. The van der Waals surface area contributed by atoms with Crippen molar-refractivity contribution in [3.63, 3.8) is 0 Å². The second-order valence-corrected chi connectivity index (χ2v) is 13.1. The van der Waals surface area contributed by atoms with Crippen LogP contribution in [0.3, 0.4) is 0 Å². The molecule has 5 atom stereocenters. The normalized spacial score (nSPS) is 14.3. The predicted molar refractivity (Wildman–Crippen MR) is 185 cm³/mol. The van der Waals surface area contributed by atoms with Crippen LogP contribution in [0.2, 0.25) is 0 Å². The highest BCUT2D eigenvalue weighted by molar-refractivity contribution is 5.95. The molecule has 12 heteroatoms. The van der Waals surface area contributed by atoms with E-state index in [-0.39, 0.29) is 43.9 Å². The number of aliphatic carboxylic acids is 1. The quantitative estimate of drug-likeness (QED) is 0.0980. The van der Waals surface area contributed by atoms with Gasteiger partial charge in [-0.1, -0.05) is 88.4 Å². The third-order valence-corrected chi connectivity index (χ3v) is 7.79. The predicted octanol–water partition coefficient (Wildman–Crippen LogP) is 2.04. The van der Waals surface area contributed by atoms with E-state index in [0.717, 1.165) is 11.1 Å². The Morgan fingerprint density at radius 2 is 1.02 bits per heavy atom. The number of unbranched alkanes of at least 4 members (excludes halogenated alkanes) is 1. The Labute approximate surface area is 284 Å². The molecule has 48 heavy (non-hydrogen) atoms. The standard InChI is InChI=1S/C36H54N6O6/c1-23(2)19-29(33(44)39-28(36(47)48)17-11-12-18-37)41-34(45)30(20-24(3)4)42-35(46)31(22-26-15-9-6-10-16-26)40-32(43)27(38)21-25-13-7-5-8-14-25/h5-10,13-16,23-24,27-31H,11-12,17-22,37-38H2,1-4H3,(H,39,44)(H,40,43)(H,41,45)(H,42,46)(H,47,48)/t27-,28-,29-,30-,31-/m1/s1. The molecule has 0 heterocycles. The molecule has 9 N–H and O–H groups in total. The van der Waals surface area contributed by atoms with Crippen molar-refractivity contribution < 1.29 is 29.1 Å². The van der Waals surface area contributed by atoms with Crippen molar-refractivity contribution in [3.05, 3.63) is 71.8 Å². The van der Waals surface area contributed by atoms with E-state index in [2.05, 4.69) is 21.3 Å². The van der Waals surface area contributed by atoms with Crippen molar-refractivity contribution in [2.75, 3.05) is 6.54 Å². The lowest BCUT2D eigenvalue weighted by Crippen LogP contribution is -2.59. The Morgan fingerprint density at radius 3 is 1.46 bits per heavy atom. The zero-order chi connectivity index (χ0) is 35.6. The Hall–Kier alpha value is -4.29. The summed E-state index contributed by atoms with van der Waals surface area (Å²) >= 11 is 0. The molecule has 0 saturated heterocycles. The van der Waals surface area contributed by atoms with Gasteiger partial charge in [-0.05, 0) is 68.0 Å². The lowest BCUT2D eigenvalue weighted by molar-refractivity contribution is -0.142. The molecule has 0 spiro atoms. The smallest absolute Gasteiger partial charge is 0.326 e. The monoisotopic (exact) mass is 666 g/mol. The lowest BCUT2D eigenvalue weighted by atomic mass is 9.98. The van der Waals surface area contributed by atoms with Crippen LogP contribution in [0.25, 0.3) is 0 Å². The minimum absolute atomic E-state index is 0.00901. The molecule has 0 aliphatic heterocycles. The van der Waals surface area contributed by atoms with Gasteiger partial charge in [-0.15, -0.1) is 0 Å². The van der Waals surface area contributed by atoms with E-state index in [1.54, 1.807) is 0 Å². The summed E-state index contributed by atoms with van der Waals surface area (Å²) in [5.74, 6) is -3.48. The number of nitrogens with one attached hydrogen (secondary N) is 4. The molecule has 4 amide bonds. The number of hydrogen-bond acceptors (Lipinski definition) is 7. The molecule has 2 aromatic carbocycles. The highest BCUT2D eigenvalue weighted by Crippen LogP contribution is 2.12.